The van der Waals surface area contributed by atoms with Crippen molar-refractivity contribution in [2.45, 2.75) is 32.0 Å². The zero-order valence-corrected chi connectivity index (χ0v) is 31.3. The van der Waals surface area contributed by atoms with Crippen molar-refractivity contribution in [2.24, 2.45) is 0 Å². The SMILES string of the molecule is C=C(C)C(=O)OCC(O)COC(CCOc1ccc2cc(-c3ccccc3OC)c(=O)oc2c1)CCOc1ccc2cc(-c3ccccc3OC)c(=O)oc2c1. The molecule has 0 aliphatic heterocycles. The molecule has 12 heteroatoms. The summed E-state index contributed by atoms with van der Waals surface area (Å²) < 4.78 is 45.3. The number of methoxy groups -OCH3 is 2. The van der Waals surface area contributed by atoms with Crippen LogP contribution in [-0.4, -0.2) is 63.9 Å². The van der Waals surface area contributed by atoms with E-state index in [1.165, 1.54) is 6.92 Å². The first-order valence-corrected chi connectivity index (χ1v) is 17.9. The molecule has 0 fully saturated rings. The van der Waals surface area contributed by atoms with Gasteiger partial charge in [-0.3, -0.25) is 0 Å². The van der Waals surface area contributed by atoms with Gasteiger partial charge in [0.25, 0.3) is 0 Å². The first kappa shape index (κ1) is 39.3. The van der Waals surface area contributed by atoms with Crippen molar-refractivity contribution in [1.29, 1.82) is 0 Å². The number of aliphatic hydroxyl groups excluding tert-OH is 1. The topological polar surface area (TPSA) is 153 Å². The van der Waals surface area contributed by atoms with Gasteiger partial charge in [0.05, 0.1) is 51.3 Å². The van der Waals surface area contributed by atoms with Crippen molar-refractivity contribution in [3.05, 3.63) is 130 Å². The van der Waals surface area contributed by atoms with Crippen LogP contribution in [0.4, 0.5) is 0 Å². The summed E-state index contributed by atoms with van der Waals surface area (Å²) in [7, 11) is 3.09. The van der Waals surface area contributed by atoms with Crippen molar-refractivity contribution < 1.29 is 47.2 Å². The number of carbonyl (C=O) groups excluding carboxylic acids is 1. The van der Waals surface area contributed by atoms with E-state index in [0.717, 1.165) is 0 Å². The average Bonchev–Trinajstić information content (AvgIpc) is 3.21. The highest BCUT2D eigenvalue weighted by Gasteiger charge is 2.18. The van der Waals surface area contributed by atoms with Gasteiger partial charge in [0.1, 0.15) is 46.9 Å². The lowest BCUT2D eigenvalue weighted by molar-refractivity contribution is -0.143. The van der Waals surface area contributed by atoms with Crippen molar-refractivity contribution in [3.8, 4) is 45.3 Å². The Hall–Kier alpha value is -6.37. The normalized spacial score (nSPS) is 11.7. The minimum absolute atomic E-state index is 0.112. The van der Waals surface area contributed by atoms with E-state index in [1.54, 1.807) is 74.9 Å². The fraction of sp³-hybridized carbons (Fsp3) is 0.250. The molecule has 2 aromatic heterocycles. The Morgan fingerprint density at radius 2 is 1.16 bits per heavy atom. The molecule has 6 rings (SSSR count). The summed E-state index contributed by atoms with van der Waals surface area (Å²) in [5.74, 6) is 1.49. The number of hydrogen-bond donors (Lipinski definition) is 1. The van der Waals surface area contributed by atoms with Crippen molar-refractivity contribution in [1.82, 2.24) is 0 Å². The van der Waals surface area contributed by atoms with Gasteiger partial charge in [-0.15, -0.1) is 0 Å². The zero-order chi connectivity index (χ0) is 39.6. The average molecular weight is 763 g/mol. The summed E-state index contributed by atoms with van der Waals surface area (Å²) in [5.41, 5.74) is 1.96. The predicted molar refractivity (Wildman–Crippen MR) is 211 cm³/mol. The molecule has 1 N–H and O–H groups in total. The molecule has 12 nitrogen and oxygen atoms in total. The molecule has 0 saturated heterocycles. The first-order valence-electron chi connectivity index (χ1n) is 17.9. The summed E-state index contributed by atoms with van der Waals surface area (Å²) >= 11 is 0. The summed E-state index contributed by atoms with van der Waals surface area (Å²) in [6.07, 6.45) is -0.718. The number of para-hydroxylation sites is 2. The number of rotatable bonds is 18. The second kappa shape index (κ2) is 18.3. The maximum Gasteiger partial charge on any atom is 0.344 e. The molecule has 0 amide bonds. The fourth-order valence-electron chi connectivity index (χ4n) is 5.99. The molecule has 0 radical (unpaired) electrons. The van der Waals surface area contributed by atoms with Crippen LogP contribution in [0.25, 0.3) is 44.2 Å². The minimum atomic E-state index is -1.07. The molecule has 56 heavy (non-hydrogen) atoms. The third kappa shape index (κ3) is 9.64. The maximum atomic E-state index is 13.0. The standard InChI is InChI=1S/C44H42O12/c1-27(2)42(46)54-26-30(45)25-53-31(17-19-51-32-15-13-28-21-36(43(47)55-40(28)23-32)34-9-5-7-11-38(34)49-3)18-20-52-33-16-14-29-22-37(44(48)56-41(29)24-33)35-10-6-8-12-39(35)50-4/h5-16,21-24,30-31,45H,1,17-20,25-26H2,2-4H3. The van der Waals surface area contributed by atoms with Crippen LogP contribution in [0.15, 0.2) is 128 Å². The number of aliphatic hydroxyl groups is 1. The van der Waals surface area contributed by atoms with Crippen LogP contribution < -0.4 is 30.2 Å². The smallest absolute Gasteiger partial charge is 0.344 e. The molecule has 290 valence electrons. The Balaban J connectivity index is 1.10. The summed E-state index contributed by atoms with van der Waals surface area (Å²) in [6, 6.07) is 28.5. The van der Waals surface area contributed by atoms with Gasteiger partial charge in [0.2, 0.25) is 0 Å². The van der Waals surface area contributed by atoms with E-state index in [0.29, 0.717) is 80.0 Å². The van der Waals surface area contributed by atoms with E-state index in [9.17, 15) is 19.5 Å². The van der Waals surface area contributed by atoms with E-state index in [-0.39, 0.29) is 32.0 Å². The summed E-state index contributed by atoms with van der Waals surface area (Å²) in [4.78, 5) is 37.7. The predicted octanol–water partition coefficient (Wildman–Crippen LogP) is 7.35. The van der Waals surface area contributed by atoms with Gasteiger partial charge < -0.3 is 42.4 Å². The van der Waals surface area contributed by atoms with Crippen LogP contribution in [0, 0.1) is 0 Å². The largest absolute Gasteiger partial charge is 0.496 e. The molecule has 0 bridgehead atoms. The number of carbonyl (C=O) groups is 1. The maximum absolute atomic E-state index is 13.0. The first-order chi connectivity index (χ1) is 27.1. The third-order valence-electron chi connectivity index (χ3n) is 8.91. The molecular formula is C44H42O12. The summed E-state index contributed by atoms with van der Waals surface area (Å²) in [5, 5.41) is 11.9. The number of fused-ring (bicyclic) bond motifs is 2. The molecule has 4 aromatic carbocycles. The van der Waals surface area contributed by atoms with Gasteiger partial charge in [-0.05, 0) is 55.5 Å². The third-order valence-corrected chi connectivity index (χ3v) is 8.91. The Bertz CT molecular complexity index is 2300. The van der Waals surface area contributed by atoms with E-state index < -0.39 is 29.4 Å². The van der Waals surface area contributed by atoms with Gasteiger partial charge in [-0.1, -0.05) is 43.0 Å². The van der Waals surface area contributed by atoms with Crippen LogP contribution in [-0.2, 0) is 14.3 Å². The highest BCUT2D eigenvalue weighted by atomic mass is 16.6. The monoisotopic (exact) mass is 762 g/mol. The lowest BCUT2D eigenvalue weighted by Crippen LogP contribution is -2.28. The van der Waals surface area contributed by atoms with E-state index >= 15 is 0 Å². The van der Waals surface area contributed by atoms with Crippen molar-refractivity contribution >= 4 is 27.9 Å². The van der Waals surface area contributed by atoms with Crippen LogP contribution in [0.1, 0.15) is 19.8 Å². The lowest BCUT2D eigenvalue weighted by atomic mass is 10.0. The Labute approximate surface area is 322 Å². The van der Waals surface area contributed by atoms with Crippen molar-refractivity contribution in [3.63, 3.8) is 0 Å². The number of benzene rings is 4. The molecule has 1 atom stereocenters. The molecule has 0 aliphatic carbocycles. The van der Waals surface area contributed by atoms with E-state index in [4.69, 9.17) is 37.3 Å². The summed E-state index contributed by atoms with van der Waals surface area (Å²) in [6.45, 7) is 5.13. The molecule has 2 heterocycles. The zero-order valence-electron chi connectivity index (χ0n) is 31.3. The highest BCUT2D eigenvalue weighted by molar-refractivity contribution is 5.87. The lowest BCUT2D eigenvalue weighted by Gasteiger charge is -2.21. The molecule has 1 unspecified atom stereocenters. The fourth-order valence-corrected chi connectivity index (χ4v) is 5.99. The van der Waals surface area contributed by atoms with Crippen LogP contribution in [0.2, 0.25) is 0 Å². The molecule has 6 aromatic rings. The van der Waals surface area contributed by atoms with Gasteiger partial charge in [0.15, 0.2) is 0 Å². The highest BCUT2D eigenvalue weighted by Crippen LogP contribution is 2.32. The molecule has 0 aliphatic rings. The molecule has 0 saturated carbocycles. The Morgan fingerprint density at radius 1 is 0.679 bits per heavy atom. The number of hydrogen-bond acceptors (Lipinski definition) is 12. The van der Waals surface area contributed by atoms with Crippen molar-refractivity contribution in [2.75, 3.05) is 40.6 Å². The van der Waals surface area contributed by atoms with E-state index in [2.05, 4.69) is 6.58 Å². The van der Waals surface area contributed by atoms with Gasteiger partial charge in [-0.25, -0.2) is 14.4 Å². The van der Waals surface area contributed by atoms with Crippen LogP contribution in [0.5, 0.6) is 23.0 Å². The van der Waals surface area contributed by atoms with Crippen LogP contribution >= 0.6 is 0 Å². The second-order valence-electron chi connectivity index (χ2n) is 13.0. The Morgan fingerprint density at radius 3 is 1.62 bits per heavy atom. The Kier molecular flexibility index (Phi) is 12.9. The van der Waals surface area contributed by atoms with Crippen LogP contribution in [0.3, 0.4) is 0 Å². The quantitative estimate of drug-likeness (QED) is 0.0529. The van der Waals surface area contributed by atoms with Gasteiger partial charge >= 0.3 is 17.2 Å². The molecular weight excluding hydrogens is 720 g/mol. The second-order valence-corrected chi connectivity index (χ2v) is 13.0. The van der Waals surface area contributed by atoms with Gasteiger partial charge in [0, 0.05) is 52.4 Å². The van der Waals surface area contributed by atoms with E-state index in [1.807, 2.05) is 36.4 Å². The number of esters is 1. The number of ether oxygens (including phenoxy) is 6. The minimum Gasteiger partial charge on any atom is -0.496 e. The molecule has 0 spiro atoms. The van der Waals surface area contributed by atoms with Gasteiger partial charge in [-0.2, -0.15) is 0 Å².